The Hall–Kier alpha value is -3.48. The third-order valence-corrected chi connectivity index (χ3v) is 5.83. The number of hydrogen-bond donors (Lipinski definition) is 1. The number of fused-ring (bicyclic) bond motifs is 2. The van der Waals surface area contributed by atoms with E-state index >= 15 is 0 Å². The predicted octanol–water partition coefficient (Wildman–Crippen LogP) is 3.69. The first kappa shape index (κ1) is 16.5. The Labute approximate surface area is 166 Å². The lowest BCUT2D eigenvalue weighted by Crippen LogP contribution is -2.36. The molecule has 0 radical (unpaired) electrons. The number of nitrogens with one attached hydrogen (secondary N) is 1. The molecule has 4 heterocycles. The van der Waals surface area contributed by atoms with Crippen LogP contribution in [0.25, 0.3) is 22.4 Å². The molecule has 29 heavy (non-hydrogen) atoms. The fourth-order valence-electron chi connectivity index (χ4n) is 4.08. The van der Waals surface area contributed by atoms with Gasteiger partial charge in [-0.15, -0.1) is 0 Å². The van der Waals surface area contributed by atoms with Crippen molar-refractivity contribution in [3.63, 3.8) is 0 Å². The van der Waals surface area contributed by atoms with Crippen LogP contribution in [0.15, 0.2) is 47.1 Å². The maximum Gasteiger partial charge on any atom is 0.259 e. The predicted molar refractivity (Wildman–Crippen MR) is 106 cm³/mol. The minimum atomic E-state index is -0.0140. The van der Waals surface area contributed by atoms with E-state index in [2.05, 4.69) is 20.3 Å². The summed E-state index contributed by atoms with van der Waals surface area (Å²) in [5, 5.41) is 12.1. The minimum absolute atomic E-state index is 0.0140. The average molecular weight is 385 g/mol. The first-order valence-corrected chi connectivity index (χ1v) is 9.94. The van der Waals surface area contributed by atoms with Crippen LogP contribution in [-0.4, -0.2) is 37.7 Å². The van der Waals surface area contributed by atoms with Crippen LogP contribution in [0.5, 0.6) is 0 Å². The molecule has 0 spiro atoms. The molecule has 1 aliphatic carbocycles. The van der Waals surface area contributed by atoms with E-state index in [0.717, 1.165) is 36.2 Å². The van der Waals surface area contributed by atoms with Crippen LogP contribution in [0.3, 0.4) is 0 Å². The van der Waals surface area contributed by atoms with Crippen molar-refractivity contribution in [2.75, 3.05) is 6.54 Å². The number of carbonyl (C=O) groups excluding carboxylic acids is 1. The fraction of sp³-hybridized carbons (Fsp3) is 0.273. The zero-order valence-electron chi connectivity index (χ0n) is 15.8. The van der Waals surface area contributed by atoms with Crippen molar-refractivity contribution in [1.29, 1.82) is 0 Å². The number of aromatic nitrogens is 4. The molecule has 1 aromatic carbocycles. The summed E-state index contributed by atoms with van der Waals surface area (Å²) in [6, 6.07) is 11.8. The first-order valence-electron chi connectivity index (χ1n) is 9.94. The van der Waals surface area contributed by atoms with Crippen molar-refractivity contribution in [3.05, 3.63) is 65.1 Å². The molecule has 1 aliphatic heterocycles. The highest BCUT2D eigenvalue weighted by molar-refractivity contribution is 6.09. The van der Waals surface area contributed by atoms with Crippen LogP contribution < -0.4 is 0 Å². The molecule has 1 saturated carbocycles. The maximum absolute atomic E-state index is 13.6. The van der Waals surface area contributed by atoms with Gasteiger partial charge in [0.1, 0.15) is 5.69 Å². The second-order valence-corrected chi connectivity index (χ2v) is 7.80. The molecule has 6 rings (SSSR count). The van der Waals surface area contributed by atoms with Crippen molar-refractivity contribution in [1.82, 2.24) is 25.2 Å². The van der Waals surface area contributed by atoms with Gasteiger partial charge in [-0.3, -0.25) is 9.89 Å². The lowest BCUT2D eigenvalue weighted by Gasteiger charge is -2.27. The summed E-state index contributed by atoms with van der Waals surface area (Å²) in [6.07, 6.45) is 4.86. The molecule has 1 fully saturated rings. The molecular formula is C22H19N5O2. The van der Waals surface area contributed by atoms with Crippen molar-refractivity contribution < 1.29 is 9.32 Å². The lowest BCUT2D eigenvalue weighted by atomic mass is 10.0. The molecule has 1 amide bonds. The summed E-state index contributed by atoms with van der Waals surface area (Å²) in [5.74, 6) is 0.400. The van der Waals surface area contributed by atoms with E-state index in [1.54, 1.807) is 0 Å². The summed E-state index contributed by atoms with van der Waals surface area (Å²) >= 11 is 0. The lowest BCUT2D eigenvalue weighted by molar-refractivity contribution is 0.0734. The number of benzene rings is 1. The van der Waals surface area contributed by atoms with Gasteiger partial charge in [-0.25, -0.2) is 4.98 Å². The second kappa shape index (κ2) is 6.27. The molecule has 2 aliphatic rings. The van der Waals surface area contributed by atoms with E-state index in [-0.39, 0.29) is 5.91 Å². The summed E-state index contributed by atoms with van der Waals surface area (Å²) in [5.41, 5.74) is 5.76. The molecule has 0 unspecified atom stereocenters. The Balaban J connectivity index is 1.49. The number of hydrogen-bond acceptors (Lipinski definition) is 5. The number of H-pyrrole nitrogens is 1. The molecule has 7 nitrogen and oxygen atoms in total. The average Bonchev–Trinajstić information content (AvgIpc) is 3.36. The van der Waals surface area contributed by atoms with Gasteiger partial charge in [0.25, 0.3) is 11.6 Å². The van der Waals surface area contributed by atoms with Crippen molar-refractivity contribution in [3.8, 4) is 11.3 Å². The number of rotatable bonds is 3. The molecular weight excluding hydrogens is 366 g/mol. The number of amides is 1. The van der Waals surface area contributed by atoms with Crippen molar-refractivity contribution in [2.24, 2.45) is 0 Å². The van der Waals surface area contributed by atoms with E-state index in [9.17, 15) is 4.79 Å². The van der Waals surface area contributed by atoms with E-state index < -0.39 is 0 Å². The van der Waals surface area contributed by atoms with E-state index in [4.69, 9.17) is 4.52 Å². The highest BCUT2D eigenvalue weighted by Crippen LogP contribution is 2.41. The first-order chi connectivity index (χ1) is 14.3. The van der Waals surface area contributed by atoms with Crippen LogP contribution >= 0.6 is 0 Å². The van der Waals surface area contributed by atoms with Crippen LogP contribution in [0, 0.1) is 0 Å². The van der Waals surface area contributed by atoms with Gasteiger partial charge in [-0.05, 0) is 30.9 Å². The van der Waals surface area contributed by atoms with Crippen molar-refractivity contribution in [2.45, 2.75) is 31.7 Å². The van der Waals surface area contributed by atoms with E-state index in [1.165, 1.54) is 5.56 Å². The van der Waals surface area contributed by atoms with Crippen LogP contribution in [0.4, 0.5) is 0 Å². The summed E-state index contributed by atoms with van der Waals surface area (Å²) in [6.45, 7) is 1.20. The molecule has 0 saturated heterocycles. The van der Waals surface area contributed by atoms with Gasteiger partial charge >= 0.3 is 0 Å². The Morgan fingerprint density at radius 3 is 2.90 bits per heavy atom. The van der Waals surface area contributed by atoms with Gasteiger partial charge in [0.15, 0.2) is 0 Å². The van der Waals surface area contributed by atoms with E-state index in [0.29, 0.717) is 41.4 Å². The van der Waals surface area contributed by atoms with Gasteiger partial charge in [0, 0.05) is 23.7 Å². The number of aromatic amines is 1. The van der Waals surface area contributed by atoms with Crippen LogP contribution in [0.2, 0.25) is 0 Å². The quantitative estimate of drug-likeness (QED) is 0.581. The van der Waals surface area contributed by atoms with Crippen LogP contribution in [-0.2, 0) is 13.0 Å². The minimum Gasteiger partial charge on any atom is -0.335 e. The van der Waals surface area contributed by atoms with Crippen LogP contribution in [0.1, 0.15) is 46.1 Å². The monoisotopic (exact) mass is 385 g/mol. The molecule has 0 atom stereocenters. The normalized spacial score (nSPS) is 16.2. The second-order valence-electron chi connectivity index (χ2n) is 7.80. The SMILES string of the molecule is O=C(c1cc(C2CC2)nc2onc(-c3ccccc3)c12)N1CCc2cn[nH]c2C1. The summed E-state index contributed by atoms with van der Waals surface area (Å²) in [4.78, 5) is 20.2. The highest BCUT2D eigenvalue weighted by atomic mass is 16.5. The standard InChI is InChI=1S/C22H19N5O2/c28-22(27-9-8-15-11-23-25-18(15)12-27)16-10-17(13-6-7-13)24-21-19(16)20(26-29-21)14-4-2-1-3-5-14/h1-5,10-11,13H,6-9,12H2,(H,23,25). The number of carbonyl (C=O) groups is 1. The molecule has 0 bridgehead atoms. The van der Waals surface area contributed by atoms with Gasteiger partial charge in [0.2, 0.25) is 0 Å². The van der Waals surface area contributed by atoms with Gasteiger partial charge in [0.05, 0.1) is 29.4 Å². The molecule has 3 aromatic heterocycles. The zero-order chi connectivity index (χ0) is 19.4. The highest BCUT2D eigenvalue weighted by Gasteiger charge is 2.31. The van der Waals surface area contributed by atoms with Gasteiger partial charge in [-0.1, -0.05) is 35.5 Å². The third-order valence-electron chi connectivity index (χ3n) is 5.83. The van der Waals surface area contributed by atoms with Gasteiger partial charge < -0.3 is 9.42 Å². The topological polar surface area (TPSA) is 87.9 Å². The number of nitrogens with zero attached hydrogens (tertiary/aromatic N) is 4. The largest absolute Gasteiger partial charge is 0.335 e. The Morgan fingerprint density at radius 1 is 1.21 bits per heavy atom. The molecule has 1 N–H and O–H groups in total. The Bertz CT molecular complexity index is 1220. The van der Waals surface area contributed by atoms with E-state index in [1.807, 2.05) is 47.5 Å². The van der Waals surface area contributed by atoms with Crippen molar-refractivity contribution >= 4 is 17.0 Å². The fourth-order valence-corrected chi connectivity index (χ4v) is 4.08. The Morgan fingerprint density at radius 2 is 2.07 bits per heavy atom. The zero-order valence-corrected chi connectivity index (χ0v) is 15.8. The van der Waals surface area contributed by atoms with Gasteiger partial charge in [-0.2, -0.15) is 5.10 Å². The molecule has 7 heteroatoms. The smallest absolute Gasteiger partial charge is 0.259 e. The maximum atomic E-state index is 13.6. The summed E-state index contributed by atoms with van der Waals surface area (Å²) < 4.78 is 5.60. The molecule has 4 aromatic rings. The number of pyridine rings is 1. The summed E-state index contributed by atoms with van der Waals surface area (Å²) in [7, 11) is 0. The third kappa shape index (κ3) is 2.73. The molecule has 144 valence electrons. The Kier molecular flexibility index (Phi) is 3.56.